The van der Waals surface area contributed by atoms with Crippen LogP contribution < -0.4 is 5.32 Å². The smallest absolute Gasteiger partial charge is 0.370 e. The van der Waals surface area contributed by atoms with Crippen molar-refractivity contribution in [3.63, 3.8) is 0 Å². The summed E-state index contributed by atoms with van der Waals surface area (Å²) in [7, 11) is -4.33. The van der Waals surface area contributed by atoms with Crippen LogP contribution in [0.3, 0.4) is 0 Å². The van der Waals surface area contributed by atoms with E-state index in [1.807, 2.05) is 0 Å². The fraction of sp³-hybridized carbons (Fsp3) is 0.750. The van der Waals surface area contributed by atoms with Gasteiger partial charge in [0.15, 0.2) is 0 Å². The average molecular weight is 180 g/mol. The van der Waals surface area contributed by atoms with Gasteiger partial charge >= 0.3 is 10.4 Å². The Kier molecular flexibility index (Phi) is 2.42. The van der Waals surface area contributed by atoms with Crippen molar-refractivity contribution in [1.82, 2.24) is 5.32 Å². The Hall–Kier alpha value is -0.660. The highest BCUT2D eigenvalue weighted by atomic mass is 32.3. The summed E-state index contributed by atoms with van der Waals surface area (Å²) in [5, 5.41) is 2.78. The van der Waals surface area contributed by atoms with E-state index in [-0.39, 0.29) is 6.61 Å². The van der Waals surface area contributed by atoms with E-state index in [4.69, 9.17) is 4.55 Å². The molecule has 7 heteroatoms. The highest BCUT2D eigenvalue weighted by molar-refractivity contribution is 7.80. The van der Waals surface area contributed by atoms with Crippen LogP contribution >= 0.6 is 0 Å². The van der Waals surface area contributed by atoms with Gasteiger partial charge in [-0.25, -0.2) is 4.18 Å². The lowest BCUT2D eigenvalue weighted by molar-refractivity contribution is 0.302. The van der Waals surface area contributed by atoms with E-state index >= 15 is 0 Å². The topological polar surface area (TPSA) is 88.0 Å². The van der Waals surface area contributed by atoms with Crippen molar-refractivity contribution in [2.75, 3.05) is 19.7 Å². The first-order chi connectivity index (χ1) is 5.08. The molecule has 0 fully saturated rings. The van der Waals surface area contributed by atoms with Crippen molar-refractivity contribution in [2.45, 2.75) is 0 Å². The van der Waals surface area contributed by atoms with E-state index in [1.165, 1.54) is 0 Å². The molecule has 2 N–H and O–H groups in total. The Morgan fingerprint density at radius 3 is 2.91 bits per heavy atom. The first-order valence-electron chi connectivity index (χ1n) is 2.97. The van der Waals surface area contributed by atoms with Crippen molar-refractivity contribution in [1.29, 1.82) is 0 Å². The third-order valence-corrected chi connectivity index (χ3v) is 1.50. The highest BCUT2D eigenvalue weighted by Crippen LogP contribution is 1.90. The zero-order valence-electron chi connectivity index (χ0n) is 5.65. The van der Waals surface area contributed by atoms with Gasteiger partial charge < -0.3 is 5.32 Å². The van der Waals surface area contributed by atoms with Crippen LogP contribution in [0.25, 0.3) is 0 Å². The molecule has 1 rings (SSSR count). The van der Waals surface area contributed by atoms with E-state index in [9.17, 15) is 8.42 Å². The molecule has 0 atom stereocenters. The molecule has 64 valence electrons. The molecule has 11 heavy (non-hydrogen) atoms. The van der Waals surface area contributed by atoms with Crippen molar-refractivity contribution in [3.05, 3.63) is 0 Å². The maximum Gasteiger partial charge on any atom is 0.397 e. The van der Waals surface area contributed by atoms with Crippen molar-refractivity contribution in [3.8, 4) is 0 Å². The lowest BCUT2D eigenvalue weighted by Crippen LogP contribution is -2.24. The van der Waals surface area contributed by atoms with Gasteiger partial charge in [-0.2, -0.15) is 8.42 Å². The lowest BCUT2D eigenvalue weighted by Gasteiger charge is -1.99. The first-order valence-corrected chi connectivity index (χ1v) is 4.33. The standard InChI is InChI=1S/C4H8N2O4S/c7-11(8,9)10-3-4-5-1-2-6-4/h1-3H2,(H,5,6)(H,7,8,9). The molecule has 0 amide bonds. The maximum absolute atomic E-state index is 10.0. The molecule has 0 aromatic carbocycles. The Morgan fingerprint density at radius 2 is 2.45 bits per heavy atom. The third kappa shape index (κ3) is 3.30. The van der Waals surface area contributed by atoms with E-state index in [1.54, 1.807) is 0 Å². The Labute approximate surface area is 64.2 Å². The van der Waals surface area contributed by atoms with Crippen LogP contribution in [0.5, 0.6) is 0 Å². The van der Waals surface area contributed by atoms with Gasteiger partial charge in [-0.3, -0.25) is 9.55 Å². The molecule has 0 aromatic rings. The van der Waals surface area contributed by atoms with Gasteiger partial charge in [0.05, 0.1) is 6.54 Å². The molecule has 1 aliphatic heterocycles. The van der Waals surface area contributed by atoms with E-state index in [0.717, 1.165) is 0 Å². The molecular weight excluding hydrogens is 172 g/mol. The highest BCUT2D eigenvalue weighted by Gasteiger charge is 2.09. The summed E-state index contributed by atoms with van der Waals surface area (Å²) in [6, 6.07) is 0. The Balaban J connectivity index is 2.33. The summed E-state index contributed by atoms with van der Waals surface area (Å²) < 4.78 is 32.3. The SMILES string of the molecule is O=S(=O)(O)OCC1=NCCN1. The number of nitrogens with one attached hydrogen (secondary N) is 1. The quantitative estimate of drug-likeness (QED) is 0.533. The van der Waals surface area contributed by atoms with E-state index < -0.39 is 10.4 Å². The number of hydrogen-bond acceptors (Lipinski definition) is 5. The summed E-state index contributed by atoms with van der Waals surface area (Å²) in [4.78, 5) is 3.84. The summed E-state index contributed by atoms with van der Waals surface area (Å²) in [5.74, 6) is 0.447. The molecule has 0 aromatic heterocycles. The minimum absolute atomic E-state index is 0.223. The Morgan fingerprint density at radius 1 is 1.73 bits per heavy atom. The predicted molar refractivity (Wildman–Crippen MR) is 37.8 cm³/mol. The predicted octanol–water partition coefficient (Wildman–Crippen LogP) is -1.19. The molecule has 0 saturated heterocycles. The van der Waals surface area contributed by atoms with E-state index in [2.05, 4.69) is 14.5 Å². The molecule has 0 unspecified atom stereocenters. The number of amidine groups is 1. The molecule has 6 nitrogen and oxygen atoms in total. The second-order valence-electron chi connectivity index (χ2n) is 1.95. The van der Waals surface area contributed by atoms with Crippen LogP contribution in [-0.2, 0) is 14.6 Å². The van der Waals surface area contributed by atoms with Crippen LogP contribution in [0.1, 0.15) is 0 Å². The van der Waals surface area contributed by atoms with Gasteiger partial charge in [0.1, 0.15) is 12.4 Å². The van der Waals surface area contributed by atoms with Gasteiger partial charge in [0.25, 0.3) is 0 Å². The largest absolute Gasteiger partial charge is 0.397 e. The third-order valence-electron chi connectivity index (χ3n) is 1.09. The normalized spacial score (nSPS) is 17.7. The van der Waals surface area contributed by atoms with Crippen molar-refractivity contribution < 1.29 is 17.2 Å². The Bertz CT molecular complexity index is 257. The molecule has 1 heterocycles. The molecule has 0 bridgehead atoms. The van der Waals surface area contributed by atoms with Crippen molar-refractivity contribution >= 4 is 16.2 Å². The van der Waals surface area contributed by atoms with Crippen LogP contribution in [0.4, 0.5) is 0 Å². The molecule has 0 radical (unpaired) electrons. The van der Waals surface area contributed by atoms with Gasteiger partial charge in [0, 0.05) is 6.54 Å². The zero-order valence-corrected chi connectivity index (χ0v) is 6.47. The maximum atomic E-state index is 10.0. The van der Waals surface area contributed by atoms with Crippen LogP contribution in [0, 0.1) is 0 Å². The molecule has 0 aliphatic carbocycles. The summed E-state index contributed by atoms with van der Waals surface area (Å²) >= 11 is 0. The van der Waals surface area contributed by atoms with Crippen molar-refractivity contribution in [2.24, 2.45) is 4.99 Å². The number of rotatable bonds is 3. The number of nitrogens with zero attached hydrogens (tertiary/aromatic N) is 1. The fourth-order valence-electron chi connectivity index (χ4n) is 0.674. The molecule has 0 saturated carbocycles. The second kappa shape index (κ2) is 3.16. The number of aliphatic imine (C=N–C) groups is 1. The molecule has 0 spiro atoms. The fourth-order valence-corrected chi connectivity index (χ4v) is 0.934. The van der Waals surface area contributed by atoms with Gasteiger partial charge in [-0.05, 0) is 0 Å². The van der Waals surface area contributed by atoms with Gasteiger partial charge in [0.2, 0.25) is 0 Å². The van der Waals surface area contributed by atoms with Gasteiger partial charge in [-0.1, -0.05) is 0 Å². The lowest BCUT2D eigenvalue weighted by atomic mass is 10.6. The second-order valence-corrected chi connectivity index (χ2v) is 3.04. The van der Waals surface area contributed by atoms with E-state index in [0.29, 0.717) is 18.9 Å². The minimum atomic E-state index is -4.33. The summed E-state index contributed by atoms with van der Waals surface area (Å²) in [6.45, 7) is 1.08. The number of hydrogen-bond donors (Lipinski definition) is 2. The zero-order chi connectivity index (χ0) is 8.32. The monoisotopic (exact) mass is 180 g/mol. The molecule has 1 aliphatic rings. The summed E-state index contributed by atoms with van der Waals surface area (Å²) in [6.07, 6.45) is 0. The first kappa shape index (κ1) is 8.44. The average Bonchev–Trinajstić information content (AvgIpc) is 2.32. The van der Waals surface area contributed by atoms with Gasteiger partial charge in [-0.15, -0.1) is 0 Å². The minimum Gasteiger partial charge on any atom is -0.370 e. The molecular formula is C4H8N2O4S. The van der Waals surface area contributed by atoms with Crippen LogP contribution in [-0.4, -0.2) is 38.5 Å². The van der Waals surface area contributed by atoms with Crippen LogP contribution in [0.15, 0.2) is 4.99 Å². The summed E-state index contributed by atoms with van der Waals surface area (Å²) in [5.41, 5.74) is 0. The van der Waals surface area contributed by atoms with Crippen LogP contribution in [0.2, 0.25) is 0 Å².